The van der Waals surface area contributed by atoms with Gasteiger partial charge in [0, 0.05) is 17.0 Å². The van der Waals surface area contributed by atoms with E-state index in [-0.39, 0.29) is 23.9 Å². The maximum atomic E-state index is 12.2. The van der Waals surface area contributed by atoms with Gasteiger partial charge in [0.15, 0.2) is 0 Å². The lowest BCUT2D eigenvalue weighted by molar-refractivity contribution is -0.123. The number of fused-ring (bicyclic) bond motifs is 1. The molecule has 0 aromatic heterocycles. The lowest BCUT2D eigenvalue weighted by Gasteiger charge is -2.30. The highest BCUT2D eigenvalue weighted by Gasteiger charge is 2.27. The molecule has 1 aliphatic rings. The van der Waals surface area contributed by atoms with Crippen molar-refractivity contribution in [3.8, 4) is 0 Å². The molecule has 5 nitrogen and oxygen atoms in total. The number of hydrogen-bond donors (Lipinski definition) is 2. The smallest absolute Gasteiger partial charge is 0.240 e. The van der Waals surface area contributed by atoms with Crippen LogP contribution in [0.4, 0.5) is 5.69 Å². The van der Waals surface area contributed by atoms with Crippen LogP contribution in [-0.2, 0) is 9.59 Å². The van der Waals surface area contributed by atoms with Gasteiger partial charge in [0.1, 0.15) is 6.54 Å². The molecule has 6 heteroatoms. The van der Waals surface area contributed by atoms with Crippen molar-refractivity contribution in [2.75, 3.05) is 23.7 Å². The van der Waals surface area contributed by atoms with Crippen LogP contribution in [0.3, 0.4) is 0 Å². The second-order valence-corrected chi connectivity index (χ2v) is 6.60. The molecule has 0 bridgehead atoms. The van der Waals surface area contributed by atoms with E-state index in [9.17, 15) is 9.59 Å². The molecule has 0 aliphatic carbocycles. The Morgan fingerprint density at radius 1 is 1.36 bits per heavy atom. The van der Waals surface area contributed by atoms with Crippen molar-refractivity contribution in [2.24, 2.45) is 5.73 Å². The van der Waals surface area contributed by atoms with Crippen LogP contribution < -0.4 is 16.0 Å². The lowest BCUT2D eigenvalue weighted by atomic mass is 9.94. The molecule has 0 unspecified atom stereocenters. The number of nitrogens with two attached hydrogens (primary N) is 1. The summed E-state index contributed by atoms with van der Waals surface area (Å²) in [4.78, 5) is 26.9. The third-order valence-electron chi connectivity index (χ3n) is 4.16. The van der Waals surface area contributed by atoms with Crippen LogP contribution in [0.2, 0.25) is 0 Å². The topological polar surface area (TPSA) is 75.4 Å². The Labute approximate surface area is 135 Å². The average molecular weight is 321 g/mol. The molecule has 2 amide bonds. The lowest BCUT2D eigenvalue weighted by Crippen LogP contribution is -2.51. The summed E-state index contributed by atoms with van der Waals surface area (Å²) in [7, 11) is 0. The maximum absolute atomic E-state index is 12.2. The zero-order valence-electron chi connectivity index (χ0n) is 13.1. The minimum atomic E-state index is -0.380. The summed E-state index contributed by atoms with van der Waals surface area (Å²) in [6, 6.07) is 7.65. The number of anilines is 1. The van der Waals surface area contributed by atoms with E-state index < -0.39 is 0 Å². The van der Waals surface area contributed by atoms with Crippen molar-refractivity contribution in [3.05, 3.63) is 24.3 Å². The number of carbonyl (C=O) groups excluding carboxylic acids is 2. The minimum absolute atomic E-state index is 0.0381. The number of nitrogens with zero attached hydrogens (tertiary/aromatic N) is 1. The Morgan fingerprint density at radius 2 is 2.05 bits per heavy atom. The monoisotopic (exact) mass is 321 g/mol. The Balaban J connectivity index is 2.01. The Morgan fingerprint density at radius 3 is 2.73 bits per heavy atom. The first-order valence-corrected chi connectivity index (χ1v) is 8.55. The van der Waals surface area contributed by atoms with Crippen LogP contribution in [0.25, 0.3) is 0 Å². The number of hydrogen-bond acceptors (Lipinski definition) is 4. The number of carbonyl (C=O) groups is 2. The SMILES string of the molecule is CCC(N)(CC)CNC(=O)CN1C(=O)CSc2ccccc21. The zero-order valence-corrected chi connectivity index (χ0v) is 13.9. The van der Waals surface area contributed by atoms with Gasteiger partial charge >= 0.3 is 0 Å². The third-order valence-corrected chi connectivity index (χ3v) is 5.20. The first-order valence-electron chi connectivity index (χ1n) is 7.57. The van der Waals surface area contributed by atoms with Crippen LogP contribution in [0, 0.1) is 0 Å². The molecule has 1 aliphatic heterocycles. The highest BCUT2D eigenvalue weighted by Crippen LogP contribution is 2.34. The number of rotatable bonds is 6. The summed E-state index contributed by atoms with van der Waals surface area (Å²) >= 11 is 1.51. The second kappa shape index (κ2) is 7.15. The van der Waals surface area contributed by atoms with E-state index in [1.807, 2.05) is 38.1 Å². The van der Waals surface area contributed by atoms with Crippen molar-refractivity contribution in [1.29, 1.82) is 0 Å². The van der Waals surface area contributed by atoms with E-state index in [2.05, 4.69) is 5.32 Å². The molecule has 120 valence electrons. The Bertz CT molecular complexity index is 558. The van der Waals surface area contributed by atoms with Gasteiger partial charge in [-0.15, -0.1) is 11.8 Å². The van der Waals surface area contributed by atoms with E-state index >= 15 is 0 Å². The fourth-order valence-corrected chi connectivity index (χ4v) is 3.24. The van der Waals surface area contributed by atoms with E-state index in [0.717, 1.165) is 23.4 Å². The van der Waals surface area contributed by atoms with Crippen LogP contribution >= 0.6 is 11.8 Å². The first kappa shape index (κ1) is 16.8. The normalized spacial score (nSPS) is 14.7. The van der Waals surface area contributed by atoms with Crippen LogP contribution in [-0.4, -0.2) is 36.2 Å². The highest BCUT2D eigenvalue weighted by atomic mass is 32.2. The van der Waals surface area contributed by atoms with Crippen molar-refractivity contribution in [1.82, 2.24) is 5.32 Å². The van der Waals surface area contributed by atoms with Gasteiger partial charge < -0.3 is 16.0 Å². The molecule has 0 spiro atoms. The minimum Gasteiger partial charge on any atom is -0.353 e. The van der Waals surface area contributed by atoms with Crippen molar-refractivity contribution in [2.45, 2.75) is 37.1 Å². The number of amides is 2. The standard InChI is InChI=1S/C16H23N3O2S/c1-3-16(17,4-2)11-18-14(20)9-19-12-7-5-6-8-13(12)22-10-15(19)21/h5-8H,3-4,9-11,17H2,1-2H3,(H,18,20). The molecule has 0 saturated heterocycles. The fraction of sp³-hybridized carbons (Fsp3) is 0.500. The first-order chi connectivity index (χ1) is 10.5. The van der Waals surface area contributed by atoms with Crippen LogP contribution in [0.1, 0.15) is 26.7 Å². The van der Waals surface area contributed by atoms with Gasteiger partial charge in [0.25, 0.3) is 0 Å². The second-order valence-electron chi connectivity index (χ2n) is 5.58. The molecular formula is C16H23N3O2S. The van der Waals surface area contributed by atoms with Crippen molar-refractivity contribution >= 4 is 29.3 Å². The number of benzene rings is 1. The largest absolute Gasteiger partial charge is 0.353 e. The Hall–Kier alpha value is -1.53. The van der Waals surface area contributed by atoms with Gasteiger partial charge in [-0.2, -0.15) is 0 Å². The van der Waals surface area contributed by atoms with Gasteiger partial charge in [0.2, 0.25) is 11.8 Å². The summed E-state index contributed by atoms with van der Waals surface area (Å²) in [5.41, 5.74) is 6.61. The predicted octanol–water partition coefficient (Wildman–Crippen LogP) is 1.76. The van der Waals surface area contributed by atoms with Gasteiger partial charge in [-0.3, -0.25) is 9.59 Å². The van der Waals surface area contributed by atoms with E-state index in [4.69, 9.17) is 5.73 Å². The quantitative estimate of drug-likeness (QED) is 0.837. The molecule has 22 heavy (non-hydrogen) atoms. The molecular weight excluding hydrogens is 298 g/mol. The summed E-state index contributed by atoms with van der Waals surface area (Å²) in [5, 5.41) is 2.86. The number of thioether (sulfide) groups is 1. The number of para-hydroxylation sites is 1. The van der Waals surface area contributed by atoms with Gasteiger partial charge in [-0.05, 0) is 25.0 Å². The third kappa shape index (κ3) is 3.81. The highest BCUT2D eigenvalue weighted by molar-refractivity contribution is 8.00. The van der Waals surface area contributed by atoms with Gasteiger partial charge in [0.05, 0.1) is 11.4 Å². The maximum Gasteiger partial charge on any atom is 0.240 e. The summed E-state index contributed by atoms with van der Waals surface area (Å²) in [5.74, 6) is 0.158. The summed E-state index contributed by atoms with van der Waals surface area (Å²) < 4.78 is 0. The fourth-order valence-electron chi connectivity index (χ4n) is 2.30. The van der Waals surface area contributed by atoms with E-state index in [0.29, 0.717) is 12.3 Å². The molecule has 1 aromatic carbocycles. The van der Waals surface area contributed by atoms with Gasteiger partial charge in [-0.1, -0.05) is 26.0 Å². The molecule has 3 N–H and O–H groups in total. The van der Waals surface area contributed by atoms with E-state index in [1.165, 1.54) is 11.8 Å². The average Bonchev–Trinajstić information content (AvgIpc) is 2.55. The van der Waals surface area contributed by atoms with Crippen LogP contribution in [0.15, 0.2) is 29.2 Å². The van der Waals surface area contributed by atoms with Crippen LogP contribution in [0.5, 0.6) is 0 Å². The predicted molar refractivity (Wildman–Crippen MR) is 90.0 cm³/mol. The van der Waals surface area contributed by atoms with E-state index in [1.54, 1.807) is 4.90 Å². The molecule has 0 radical (unpaired) electrons. The zero-order chi connectivity index (χ0) is 16.2. The van der Waals surface area contributed by atoms with Crippen molar-refractivity contribution in [3.63, 3.8) is 0 Å². The number of nitrogens with one attached hydrogen (secondary N) is 1. The van der Waals surface area contributed by atoms with Crippen molar-refractivity contribution < 1.29 is 9.59 Å². The van der Waals surface area contributed by atoms with Gasteiger partial charge in [-0.25, -0.2) is 0 Å². The molecule has 2 rings (SSSR count). The molecule has 0 atom stereocenters. The molecule has 1 aromatic rings. The molecule has 0 fully saturated rings. The Kier molecular flexibility index (Phi) is 5.47. The summed E-state index contributed by atoms with van der Waals surface area (Å²) in [6.45, 7) is 4.49. The summed E-state index contributed by atoms with van der Waals surface area (Å²) in [6.07, 6.45) is 1.60. The molecule has 0 saturated carbocycles. The molecule has 1 heterocycles.